The normalized spacial score (nSPS) is 19.8. The van der Waals surface area contributed by atoms with E-state index < -0.39 is 28.0 Å². The first-order valence-corrected chi connectivity index (χ1v) is 9.95. The van der Waals surface area contributed by atoms with E-state index in [1.54, 1.807) is 44.2 Å². The zero-order valence-corrected chi connectivity index (χ0v) is 16.4. The molecule has 0 aromatic heterocycles. The Labute approximate surface area is 160 Å². The first-order chi connectivity index (χ1) is 12.1. The molecule has 6 nitrogen and oxygen atoms in total. The molecule has 1 unspecified atom stereocenters. The number of amides is 1. The van der Waals surface area contributed by atoms with E-state index in [0.717, 1.165) is 11.8 Å². The van der Waals surface area contributed by atoms with Gasteiger partial charge in [0.2, 0.25) is 5.91 Å². The fourth-order valence-electron chi connectivity index (χ4n) is 2.85. The average molecular weight is 396 g/mol. The predicted octanol–water partition coefficient (Wildman–Crippen LogP) is 2.67. The van der Waals surface area contributed by atoms with Crippen LogP contribution in [0.5, 0.6) is 0 Å². The summed E-state index contributed by atoms with van der Waals surface area (Å²) in [6.07, 6.45) is -0.156. The summed E-state index contributed by atoms with van der Waals surface area (Å²) in [5, 5.41) is 8.21. The lowest BCUT2D eigenvalue weighted by Gasteiger charge is -2.35. The van der Waals surface area contributed by atoms with Crippen molar-refractivity contribution in [2.24, 2.45) is 0 Å². The summed E-state index contributed by atoms with van der Waals surface area (Å²) in [5.74, 6) is -1.55. The molecule has 1 heterocycles. The number of ketones is 1. The van der Waals surface area contributed by atoms with Crippen LogP contribution in [-0.2, 0) is 14.4 Å². The molecular weight excluding hydrogens is 374 g/mol. The summed E-state index contributed by atoms with van der Waals surface area (Å²) in [6.45, 7) is 4.87. The Hall–Kier alpha value is -1.80. The molecule has 2 rings (SSSR count). The van der Waals surface area contributed by atoms with Gasteiger partial charge in [0, 0.05) is 24.7 Å². The highest BCUT2D eigenvalue weighted by atomic mass is 32.2. The van der Waals surface area contributed by atoms with Crippen molar-refractivity contribution < 1.29 is 24.3 Å². The summed E-state index contributed by atoms with van der Waals surface area (Å²) in [4.78, 5) is 49.4. The minimum atomic E-state index is -1.09. The molecule has 1 N–H and O–H groups in total. The number of benzene rings is 1. The van der Waals surface area contributed by atoms with Gasteiger partial charge >= 0.3 is 5.97 Å². The van der Waals surface area contributed by atoms with Crippen molar-refractivity contribution >= 4 is 46.3 Å². The molecule has 26 heavy (non-hydrogen) atoms. The van der Waals surface area contributed by atoms with Crippen molar-refractivity contribution in [3.63, 3.8) is 0 Å². The molecule has 1 fully saturated rings. The van der Waals surface area contributed by atoms with Gasteiger partial charge in [0.25, 0.3) is 0 Å². The Balaban J connectivity index is 2.27. The summed E-state index contributed by atoms with van der Waals surface area (Å²) < 4.78 is 0. The van der Waals surface area contributed by atoms with Gasteiger partial charge in [-0.2, -0.15) is 0 Å². The van der Waals surface area contributed by atoms with Gasteiger partial charge in [-0.1, -0.05) is 42.1 Å². The highest BCUT2D eigenvalue weighted by Crippen LogP contribution is 2.40. The van der Waals surface area contributed by atoms with E-state index in [4.69, 9.17) is 0 Å². The Morgan fingerprint density at radius 2 is 1.88 bits per heavy atom. The van der Waals surface area contributed by atoms with Crippen LogP contribution < -0.4 is 0 Å². The molecule has 1 aromatic carbocycles. The lowest BCUT2D eigenvalue weighted by Crippen LogP contribution is -2.53. The highest BCUT2D eigenvalue weighted by Gasteiger charge is 2.48. The maximum Gasteiger partial charge on any atom is 0.327 e. The van der Waals surface area contributed by atoms with Crippen molar-refractivity contribution in [1.82, 2.24) is 4.90 Å². The monoisotopic (exact) mass is 395 g/mol. The van der Waals surface area contributed by atoms with Crippen LogP contribution in [0.1, 0.15) is 37.6 Å². The molecule has 0 bridgehead atoms. The third-order valence-electron chi connectivity index (χ3n) is 4.06. The number of carboxylic acids is 1. The van der Waals surface area contributed by atoms with Gasteiger partial charge in [-0.15, -0.1) is 11.8 Å². The zero-order chi connectivity index (χ0) is 19.5. The summed E-state index contributed by atoms with van der Waals surface area (Å²) in [7, 11) is 0. The SMILES string of the molecule is CC(=O)SC(CC(=O)c1ccccc1)C(=O)N1[C@H](C(=O)O)CSC1(C)C. The summed E-state index contributed by atoms with van der Waals surface area (Å²) in [5.41, 5.74) is 0.458. The standard InChI is InChI=1S/C18H21NO5S2/c1-11(20)26-15(9-14(21)12-7-5-4-6-8-12)16(22)19-13(17(23)24)10-25-18(19,2)3/h4-8,13,15H,9-10H2,1-3H3,(H,23,24)/t13-,15?/m0/s1. The number of thioether (sulfide) groups is 2. The number of hydrogen-bond donors (Lipinski definition) is 1. The number of aliphatic carboxylic acids is 1. The largest absolute Gasteiger partial charge is 0.480 e. The van der Waals surface area contributed by atoms with E-state index in [0.29, 0.717) is 5.56 Å². The molecule has 1 aliphatic heterocycles. The first-order valence-electron chi connectivity index (χ1n) is 8.09. The third kappa shape index (κ3) is 4.67. The average Bonchev–Trinajstić information content (AvgIpc) is 2.89. The molecule has 2 atom stereocenters. The van der Waals surface area contributed by atoms with E-state index in [1.807, 2.05) is 0 Å². The maximum atomic E-state index is 13.1. The molecule has 0 spiro atoms. The van der Waals surface area contributed by atoms with Crippen molar-refractivity contribution in [1.29, 1.82) is 0 Å². The van der Waals surface area contributed by atoms with Gasteiger partial charge < -0.3 is 10.0 Å². The van der Waals surface area contributed by atoms with Crippen LogP contribution in [0.15, 0.2) is 30.3 Å². The van der Waals surface area contributed by atoms with E-state index in [9.17, 15) is 24.3 Å². The highest BCUT2D eigenvalue weighted by molar-refractivity contribution is 8.14. The second-order valence-electron chi connectivity index (χ2n) is 6.41. The van der Waals surface area contributed by atoms with Crippen molar-refractivity contribution in [3.8, 4) is 0 Å². The number of rotatable bonds is 6. The smallest absolute Gasteiger partial charge is 0.327 e. The molecular formula is C18H21NO5S2. The van der Waals surface area contributed by atoms with E-state index in [-0.39, 0.29) is 23.1 Å². The maximum absolute atomic E-state index is 13.1. The lowest BCUT2D eigenvalue weighted by molar-refractivity contribution is -0.150. The fraction of sp³-hybridized carbons (Fsp3) is 0.444. The molecule has 8 heteroatoms. The Morgan fingerprint density at radius 1 is 1.27 bits per heavy atom. The lowest BCUT2D eigenvalue weighted by atomic mass is 10.0. The van der Waals surface area contributed by atoms with Gasteiger partial charge in [-0.05, 0) is 13.8 Å². The third-order valence-corrected chi connectivity index (χ3v) is 6.43. The summed E-state index contributed by atoms with van der Waals surface area (Å²) >= 11 is 2.15. The Bertz CT molecular complexity index is 720. The summed E-state index contributed by atoms with van der Waals surface area (Å²) in [6, 6.07) is 7.57. The fourth-order valence-corrected chi connectivity index (χ4v) is 4.91. The van der Waals surface area contributed by atoms with E-state index in [2.05, 4.69) is 0 Å². The molecule has 0 aliphatic carbocycles. The molecule has 140 valence electrons. The first kappa shape index (κ1) is 20.5. The van der Waals surface area contributed by atoms with Gasteiger partial charge in [-0.3, -0.25) is 14.4 Å². The number of carbonyl (C=O) groups is 4. The second kappa shape index (κ2) is 8.26. The molecule has 0 radical (unpaired) electrons. The number of carbonyl (C=O) groups excluding carboxylic acids is 3. The molecule has 1 amide bonds. The van der Waals surface area contributed by atoms with Gasteiger partial charge in [0.1, 0.15) is 6.04 Å². The van der Waals surface area contributed by atoms with Crippen LogP contribution in [0.3, 0.4) is 0 Å². The van der Waals surface area contributed by atoms with E-state index >= 15 is 0 Å². The quantitative estimate of drug-likeness (QED) is 0.740. The van der Waals surface area contributed by atoms with Crippen molar-refractivity contribution in [2.45, 2.75) is 43.4 Å². The number of carboxylic acid groups (broad SMARTS) is 1. The topological polar surface area (TPSA) is 91.8 Å². The number of Topliss-reactive ketones (excluding diaryl/α,β-unsaturated/α-hetero) is 1. The molecule has 1 saturated heterocycles. The number of hydrogen-bond acceptors (Lipinski definition) is 6. The molecule has 1 aromatic rings. The molecule has 1 aliphatic rings. The Kier molecular flexibility index (Phi) is 6.52. The molecule has 0 saturated carbocycles. The van der Waals surface area contributed by atoms with Crippen molar-refractivity contribution in [3.05, 3.63) is 35.9 Å². The zero-order valence-electron chi connectivity index (χ0n) is 14.8. The van der Waals surface area contributed by atoms with Crippen LogP contribution in [0, 0.1) is 0 Å². The van der Waals surface area contributed by atoms with E-state index in [1.165, 1.54) is 23.6 Å². The predicted molar refractivity (Wildman–Crippen MR) is 102 cm³/mol. The van der Waals surface area contributed by atoms with Crippen LogP contribution in [0.25, 0.3) is 0 Å². The van der Waals surface area contributed by atoms with Crippen molar-refractivity contribution in [2.75, 3.05) is 5.75 Å². The minimum absolute atomic E-state index is 0.156. The van der Waals surface area contributed by atoms with Crippen LogP contribution >= 0.6 is 23.5 Å². The Morgan fingerprint density at radius 3 is 2.42 bits per heavy atom. The van der Waals surface area contributed by atoms with Gasteiger partial charge in [-0.25, -0.2) is 4.79 Å². The van der Waals surface area contributed by atoms with Gasteiger partial charge in [0.15, 0.2) is 10.9 Å². The van der Waals surface area contributed by atoms with Crippen LogP contribution in [-0.4, -0.2) is 54.7 Å². The minimum Gasteiger partial charge on any atom is -0.480 e. The van der Waals surface area contributed by atoms with Crippen LogP contribution in [0.2, 0.25) is 0 Å². The number of nitrogens with zero attached hydrogens (tertiary/aromatic N) is 1. The second-order valence-corrected chi connectivity index (χ2v) is 9.41. The van der Waals surface area contributed by atoms with Gasteiger partial charge in [0.05, 0.1) is 10.1 Å². The van der Waals surface area contributed by atoms with Crippen LogP contribution in [0.4, 0.5) is 0 Å².